The first-order valence-corrected chi connectivity index (χ1v) is 7.59. The number of piperazine rings is 1. The molecule has 1 saturated heterocycles. The van der Waals surface area contributed by atoms with Crippen LogP contribution in [0.1, 0.15) is 34.6 Å². The zero-order valence-corrected chi connectivity index (χ0v) is 11.9. The number of hydrogen-bond acceptors (Lipinski definition) is 4. The average molecular weight is 289 g/mol. The number of carbonyl (C=O) groups is 2. The van der Waals surface area contributed by atoms with Gasteiger partial charge < -0.3 is 15.1 Å². The summed E-state index contributed by atoms with van der Waals surface area (Å²) in [6.07, 6.45) is 3.08. The molecule has 0 unspecified atom stereocenters. The van der Waals surface area contributed by atoms with E-state index in [0.717, 1.165) is 37.1 Å². The lowest BCUT2D eigenvalue weighted by Crippen LogP contribution is -2.53. The minimum atomic E-state index is -0.125. The first-order valence-electron chi connectivity index (χ1n) is 7.59. The summed E-state index contributed by atoms with van der Waals surface area (Å²) in [6, 6.07) is 0.428. The van der Waals surface area contributed by atoms with E-state index in [2.05, 4.69) is 15.5 Å². The number of nitrogens with one attached hydrogen (secondary N) is 2. The van der Waals surface area contributed by atoms with Crippen molar-refractivity contribution in [3.8, 4) is 0 Å². The molecule has 0 aromatic carbocycles. The minimum Gasteiger partial charge on any atom is -0.336 e. The quantitative estimate of drug-likeness (QED) is 0.769. The molecule has 7 nitrogen and oxygen atoms in total. The van der Waals surface area contributed by atoms with Gasteiger partial charge in [-0.3, -0.25) is 14.7 Å². The zero-order valence-electron chi connectivity index (χ0n) is 11.9. The van der Waals surface area contributed by atoms with Crippen LogP contribution >= 0.6 is 0 Å². The van der Waals surface area contributed by atoms with Crippen LogP contribution in [0.3, 0.4) is 0 Å². The Bertz CT molecular complexity index is 592. The van der Waals surface area contributed by atoms with Crippen molar-refractivity contribution in [2.45, 2.75) is 31.8 Å². The van der Waals surface area contributed by atoms with Gasteiger partial charge >= 0.3 is 0 Å². The predicted octanol–water partition coefficient (Wildman–Crippen LogP) is -0.498. The number of hydrogen-bond donors (Lipinski definition) is 2. The molecule has 2 aliphatic heterocycles. The van der Waals surface area contributed by atoms with Crippen LogP contribution in [0, 0.1) is 0 Å². The number of aromatic amines is 1. The molecule has 21 heavy (non-hydrogen) atoms. The molecule has 0 bridgehead atoms. The standard InChI is InChI=1S/C14H19N5O2/c20-12-8-18(5-6-19(12)9-1-2-9)14(21)13-10-7-15-4-3-11(10)16-17-13/h9,15H,1-8H2,(H,16,17). The van der Waals surface area contributed by atoms with Gasteiger partial charge in [-0.2, -0.15) is 5.10 Å². The van der Waals surface area contributed by atoms with Gasteiger partial charge in [0, 0.05) is 49.9 Å². The van der Waals surface area contributed by atoms with Crippen LogP contribution in [0.5, 0.6) is 0 Å². The molecular weight excluding hydrogens is 270 g/mol. The van der Waals surface area contributed by atoms with E-state index in [1.165, 1.54) is 0 Å². The summed E-state index contributed by atoms with van der Waals surface area (Å²) in [6.45, 7) is 3.02. The number of carbonyl (C=O) groups excluding carboxylic acids is 2. The molecule has 1 aromatic rings. The van der Waals surface area contributed by atoms with Crippen LogP contribution in [0.2, 0.25) is 0 Å². The van der Waals surface area contributed by atoms with Crippen molar-refractivity contribution in [3.05, 3.63) is 17.0 Å². The van der Waals surface area contributed by atoms with E-state index in [1.807, 2.05) is 4.90 Å². The summed E-state index contributed by atoms with van der Waals surface area (Å²) in [5.41, 5.74) is 2.48. The van der Waals surface area contributed by atoms with Crippen molar-refractivity contribution >= 4 is 11.8 Å². The third-order valence-corrected chi connectivity index (χ3v) is 4.54. The van der Waals surface area contributed by atoms with Gasteiger partial charge in [0.25, 0.3) is 5.91 Å². The highest BCUT2D eigenvalue weighted by atomic mass is 16.2. The highest BCUT2D eigenvalue weighted by Crippen LogP contribution is 2.28. The van der Waals surface area contributed by atoms with Gasteiger partial charge in [-0.05, 0) is 12.8 Å². The SMILES string of the molecule is O=C(c1n[nH]c2c1CNCC2)N1CCN(C2CC2)C(=O)C1. The lowest BCUT2D eigenvalue weighted by molar-refractivity contribution is -0.135. The number of H-pyrrole nitrogens is 1. The third-order valence-electron chi connectivity index (χ3n) is 4.54. The Kier molecular flexibility index (Phi) is 2.95. The van der Waals surface area contributed by atoms with Gasteiger partial charge in [0.1, 0.15) is 6.54 Å². The number of amides is 2. The highest BCUT2D eigenvalue weighted by Gasteiger charge is 2.37. The summed E-state index contributed by atoms with van der Waals surface area (Å²) < 4.78 is 0. The summed E-state index contributed by atoms with van der Waals surface area (Å²) in [5, 5.41) is 10.4. The molecule has 0 spiro atoms. The van der Waals surface area contributed by atoms with Crippen molar-refractivity contribution < 1.29 is 9.59 Å². The fourth-order valence-electron chi connectivity index (χ4n) is 3.18. The van der Waals surface area contributed by atoms with E-state index in [-0.39, 0.29) is 18.4 Å². The molecular formula is C14H19N5O2. The lowest BCUT2D eigenvalue weighted by Gasteiger charge is -2.34. The normalized spacial score (nSPS) is 22.4. The Hall–Kier alpha value is -1.89. The fraction of sp³-hybridized carbons (Fsp3) is 0.643. The molecule has 0 radical (unpaired) electrons. The van der Waals surface area contributed by atoms with Gasteiger partial charge in [-0.1, -0.05) is 0 Å². The molecule has 0 atom stereocenters. The van der Waals surface area contributed by atoms with Crippen molar-refractivity contribution in [1.82, 2.24) is 25.3 Å². The number of aromatic nitrogens is 2. The van der Waals surface area contributed by atoms with E-state index in [9.17, 15) is 9.59 Å². The molecule has 3 aliphatic rings. The maximum Gasteiger partial charge on any atom is 0.275 e. The topological polar surface area (TPSA) is 81.3 Å². The second kappa shape index (κ2) is 4.84. The Balaban J connectivity index is 1.50. The molecule has 7 heteroatoms. The van der Waals surface area contributed by atoms with Gasteiger partial charge in [0.2, 0.25) is 5.91 Å². The monoisotopic (exact) mass is 289 g/mol. The van der Waals surface area contributed by atoms with Gasteiger partial charge in [-0.25, -0.2) is 0 Å². The predicted molar refractivity (Wildman–Crippen MR) is 74.6 cm³/mol. The third kappa shape index (κ3) is 2.21. The van der Waals surface area contributed by atoms with Crippen LogP contribution in [0.15, 0.2) is 0 Å². The molecule has 1 aromatic heterocycles. The molecule has 1 aliphatic carbocycles. The second-order valence-corrected chi connectivity index (χ2v) is 6.00. The lowest BCUT2D eigenvalue weighted by atomic mass is 10.1. The van der Waals surface area contributed by atoms with Gasteiger partial charge in [-0.15, -0.1) is 0 Å². The van der Waals surface area contributed by atoms with E-state index in [4.69, 9.17) is 0 Å². The first kappa shape index (κ1) is 12.8. The van der Waals surface area contributed by atoms with Crippen molar-refractivity contribution in [3.63, 3.8) is 0 Å². The largest absolute Gasteiger partial charge is 0.336 e. The summed E-state index contributed by atoms with van der Waals surface area (Å²) >= 11 is 0. The number of fused-ring (bicyclic) bond motifs is 1. The summed E-state index contributed by atoms with van der Waals surface area (Å²) in [7, 11) is 0. The summed E-state index contributed by atoms with van der Waals surface area (Å²) in [4.78, 5) is 28.3. The van der Waals surface area contributed by atoms with Crippen LogP contribution in [-0.2, 0) is 17.8 Å². The molecule has 3 heterocycles. The highest BCUT2D eigenvalue weighted by molar-refractivity contribution is 5.97. The Morgan fingerprint density at radius 2 is 2.14 bits per heavy atom. The smallest absolute Gasteiger partial charge is 0.275 e. The van der Waals surface area contributed by atoms with E-state index >= 15 is 0 Å². The Morgan fingerprint density at radius 3 is 2.90 bits per heavy atom. The molecule has 4 rings (SSSR count). The molecule has 2 amide bonds. The van der Waals surface area contributed by atoms with E-state index in [0.29, 0.717) is 31.4 Å². The number of nitrogens with zero attached hydrogens (tertiary/aromatic N) is 3. The molecule has 2 fully saturated rings. The Morgan fingerprint density at radius 1 is 1.29 bits per heavy atom. The Labute approximate surface area is 122 Å². The second-order valence-electron chi connectivity index (χ2n) is 6.00. The van der Waals surface area contributed by atoms with Crippen molar-refractivity contribution in [2.24, 2.45) is 0 Å². The minimum absolute atomic E-state index is 0.0691. The van der Waals surface area contributed by atoms with Crippen LogP contribution in [0.4, 0.5) is 0 Å². The van der Waals surface area contributed by atoms with Crippen LogP contribution in [-0.4, -0.2) is 64.0 Å². The maximum atomic E-state index is 12.6. The van der Waals surface area contributed by atoms with Gasteiger partial charge in [0.15, 0.2) is 5.69 Å². The average Bonchev–Trinajstić information content (AvgIpc) is 3.25. The summed E-state index contributed by atoms with van der Waals surface area (Å²) in [5.74, 6) is -0.0559. The first-order chi connectivity index (χ1) is 10.2. The van der Waals surface area contributed by atoms with Crippen LogP contribution < -0.4 is 5.32 Å². The maximum absolute atomic E-state index is 12.6. The van der Waals surface area contributed by atoms with Crippen LogP contribution in [0.25, 0.3) is 0 Å². The zero-order chi connectivity index (χ0) is 14.4. The van der Waals surface area contributed by atoms with E-state index < -0.39 is 0 Å². The molecule has 2 N–H and O–H groups in total. The molecule has 112 valence electrons. The fourth-order valence-corrected chi connectivity index (χ4v) is 3.18. The van der Waals surface area contributed by atoms with E-state index in [1.54, 1.807) is 4.90 Å². The van der Waals surface area contributed by atoms with Gasteiger partial charge in [0.05, 0.1) is 0 Å². The number of rotatable bonds is 2. The molecule has 1 saturated carbocycles. The van der Waals surface area contributed by atoms with Crippen molar-refractivity contribution in [2.75, 3.05) is 26.2 Å². The van der Waals surface area contributed by atoms with Crippen molar-refractivity contribution in [1.29, 1.82) is 0 Å².